The van der Waals surface area contributed by atoms with Crippen LogP contribution in [0.3, 0.4) is 0 Å². The Balaban J connectivity index is 1.80. The number of carbonyl (C=O) groups excluding carboxylic acids is 1. The fraction of sp³-hybridized carbons (Fsp3) is 0.533. The normalized spacial score (nSPS) is 15.0. The first-order chi connectivity index (χ1) is 9.86. The van der Waals surface area contributed by atoms with E-state index in [2.05, 4.69) is 5.32 Å². The summed E-state index contributed by atoms with van der Waals surface area (Å²) in [5.41, 5.74) is 0.00683. The van der Waals surface area contributed by atoms with Gasteiger partial charge in [0.2, 0.25) is 5.91 Å². The average molecular weight is 300 g/mol. The molecule has 1 aromatic rings. The second-order valence-electron chi connectivity index (χ2n) is 5.52. The van der Waals surface area contributed by atoms with Crippen LogP contribution in [0.5, 0.6) is 0 Å². The molecular weight excluding hydrogens is 281 g/mol. The maximum atomic E-state index is 12.4. The smallest absolute Gasteiger partial charge is 0.340 e. The molecule has 116 valence electrons. The zero-order valence-electron chi connectivity index (χ0n) is 11.9. The summed E-state index contributed by atoms with van der Waals surface area (Å²) in [6.07, 6.45) is -1.88. The predicted molar refractivity (Wildman–Crippen MR) is 73.5 cm³/mol. The van der Waals surface area contributed by atoms with Gasteiger partial charge in [-0.3, -0.25) is 4.79 Å². The largest absolute Gasteiger partial charge is 0.416 e. The third-order valence-corrected chi connectivity index (χ3v) is 3.53. The number of likely N-dealkylation sites (N-methyl/N-ethyl adjacent to an activating group) is 1. The van der Waals surface area contributed by atoms with E-state index in [1.807, 2.05) is 0 Å². The Hall–Kier alpha value is -1.56. The standard InChI is InChI=1S/C15H19F3N2O/c1-20(14(21)9-19-8-11-2-3-11)10-12-4-6-13(7-5-12)15(16,17)18/h4-7,11,19H,2-3,8-10H2,1H3. The Kier molecular flexibility index (Phi) is 4.88. The molecule has 1 saturated carbocycles. The second-order valence-corrected chi connectivity index (χ2v) is 5.52. The van der Waals surface area contributed by atoms with Crippen LogP contribution in [0.25, 0.3) is 0 Å². The highest BCUT2D eigenvalue weighted by Crippen LogP contribution is 2.29. The molecule has 0 spiro atoms. The lowest BCUT2D eigenvalue weighted by Gasteiger charge is -2.18. The van der Waals surface area contributed by atoms with Crippen LogP contribution >= 0.6 is 0 Å². The molecule has 0 unspecified atom stereocenters. The summed E-state index contributed by atoms with van der Waals surface area (Å²) < 4.78 is 37.3. The van der Waals surface area contributed by atoms with Crippen molar-refractivity contribution in [1.29, 1.82) is 0 Å². The van der Waals surface area contributed by atoms with Gasteiger partial charge in [0, 0.05) is 13.6 Å². The highest BCUT2D eigenvalue weighted by atomic mass is 19.4. The van der Waals surface area contributed by atoms with Crippen LogP contribution in [0, 0.1) is 5.92 Å². The molecule has 0 heterocycles. The first kappa shape index (κ1) is 15.8. The number of nitrogens with one attached hydrogen (secondary N) is 1. The number of hydrogen-bond donors (Lipinski definition) is 1. The van der Waals surface area contributed by atoms with E-state index >= 15 is 0 Å². The number of nitrogens with zero attached hydrogens (tertiary/aromatic N) is 1. The van der Waals surface area contributed by atoms with Gasteiger partial charge in [-0.25, -0.2) is 0 Å². The first-order valence-electron chi connectivity index (χ1n) is 6.97. The van der Waals surface area contributed by atoms with Gasteiger partial charge >= 0.3 is 6.18 Å². The van der Waals surface area contributed by atoms with E-state index in [1.54, 1.807) is 7.05 Å². The van der Waals surface area contributed by atoms with Gasteiger partial charge in [0.25, 0.3) is 0 Å². The molecule has 0 aliphatic heterocycles. The fourth-order valence-corrected chi connectivity index (χ4v) is 2.00. The first-order valence-corrected chi connectivity index (χ1v) is 6.97. The van der Waals surface area contributed by atoms with Crippen molar-refractivity contribution in [2.75, 3.05) is 20.1 Å². The van der Waals surface area contributed by atoms with Crippen molar-refractivity contribution in [3.8, 4) is 0 Å². The van der Waals surface area contributed by atoms with Gasteiger partial charge in [0.05, 0.1) is 12.1 Å². The quantitative estimate of drug-likeness (QED) is 0.876. The molecule has 0 radical (unpaired) electrons. The van der Waals surface area contributed by atoms with Crippen LogP contribution < -0.4 is 5.32 Å². The number of amides is 1. The third-order valence-electron chi connectivity index (χ3n) is 3.53. The Morgan fingerprint density at radius 3 is 2.43 bits per heavy atom. The number of rotatable bonds is 6. The molecule has 1 amide bonds. The molecule has 21 heavy (non-hydrogen) atoms. The number of alkyl halides is 3. The molecule has 0 bridgehead atoms. The van der Waals surface area contributed by atoms with E-state index in [1.165, 1.54) is 29.9 Å². The molecule has 6 heteroatoms. The Bertz CT molecular complexity index is 481. The van der Waals surface area contributed by atoms with Gasteiger partial charge in [0.1, 0.15) is 0 Å². The van der Waals surface area contributed by atoms with Crippen LogP contribution in [0.4, 0.5) is 13.2 Å². The third kappa shape index (κ3) is 5.04. The van der Waals surface area contributed by atoms with Crippen molar-refractivity contribution in [3.05, 3.63) is 35.4 Å². The topological polar surface area (TPSA) is 32.3 Å². The van der Waals surface area contributed by atoms with Gasteiger partial charge in [-0.05, 0) is 43.0 Å². The monoisotopic (exact) mass is 300 g/mol. The minimum absolute atomic E-state index is 0.0597. The molecule has 0 aromatic heterocycles. The van der Waals surface area contributed by atoms with Gasteiger partial charge in [0.15, 0.2) is 0 Å². The fourth-order valence-electron chi connectivity index (χ4n) is 2.00. The molecule has 0 atom stereocenters. The molecule has 3 nitrogen and oxygen atoms in total. The van der Waals surface area contributed by atoms with Gasteiger partial charge in [-0.1, -0.05) is 12.1 Å². The van der Waals surface area contributed by atoms with Gasteiger partial charge < -0.3 is 10.2 Å². The summed E-state index contributed by atoms with van der Waals surface area (Å²) in [6.45, 7) is 1.44. The van der Waals surface area contributed by atoms with E-state index < -0.39 is 11.7 Å². The highest BCUT2D eigenvalue weighted by molar-refractivity contribution is 5.77. The summed E-state index contributed by atoms with van der Waals surface area (Å²) in [5.74, 6) is 0.647. The van der Waals surface area contributed by atoms with Crippen LogP contribution in [-0.2, 0) is 17.5 Å². The molecule has 1 aromatic carbocycles. The van der Waals surface area contributed by atoms with Crippen molar-refractivity contribution >= 4 is 5.91 Å². The maximum absolute atomic E-state index is 12.4. The summed E-state index contributed by atoms with van der Waals surface area (Å²) >= 11 is 0. The van der Waals surface area contributed by atoms with E-state index in [4.69, 9.17) is 0 Å². The van der Waals surface area contributed by atoms with Crippen LogP contribution in [0.1, 0.15) is 24.0 Å². The van der Waals surface area contributed by atoms with Crippen molar-refractivity contribution in [3.63, 3.8) is 0 Å². The molecule has 1 fully saturated rings. The van der Waals surface area contributed by atoms with Crippen molar-refractivity contribution in [1.82, 2.24) is 10.2 Å². The SMILES string of the molecule is CN(Cc1ccc(C(F)(F)F)cc1)C(=O)CNCC1CC1. The van der Waals surface area contributed by atoms with E-state index in [0.29, 0.717) is 18.0 Å². The number of halogens is 3. The van der Waals surface area contributed by atoms with Gasteiger partial charge in [-0.15, -0.1) is 0 Å². The molecule has 0 saturated heterocycles. The minimum Gasteiger partial charge on any atom is -0.340 e. The van der Waals surface area contributed by atoms with Crippen molar-refractivity contribution in [2.45, 2.75) is 25.6 Å². The lowest BCUT2D eigenvalue weighted by molar-refractivity contribution is -0.137. The summed E-state index contributed by atoms with van der Waals surface area (Å²) in [6, 6.07) is 4.90. The number of carbonyl (C=O) groups is 1. The Morgan fingerprint density at radius 2 is 1.90 bits per heavy atom. The maximum Gasteiger partial charge on any atom is 0.416 e. The van der Waals surface area contributed by atoms with Crippen LogP contribution in [-0.4, -0.2) is 30.9 Å². The molecule has 1 aliphatic rings. The molecular formula is C15H19F3N2O. The lowest BCUT2D eigenvalue weighted by atomic mass is 10.1. The summed E-state index contributed by atoms with van der Waals surface area (Å²) in [7, 11) is 1.65. The van der Waals surface area contributed by atoms with Crippen LogP contribution in [0.2, 0.25) is 0 Å². The second kappa shape index (κ2) is 6.47. The Labute approximate surface area is 122 Å². The number of benzene rings is 1. The summed E-state index contributed by atoms with van der Waals surface area (Å²) in [4.78, 5) is 13.4. The van der Waals surface area contributed by atoms with E-state index in [-0.39, 0.29) is 12.5 Å². The predicted octanol–water partition coefficient (Wildman–Crippen LogP) is 2.66. The van der Waals surface area contributed by atoms with E-state index in [0.717, 1.165) is 18.7 Å². The average Bonchev–Trinajstić information content (AvgIpc) is 3.22. The highest BCUT2D eigenvalue weighted by Gasteiger charge is 2.30. The van der Waals surface area contributed by atoms with Gasteiger partial charge in [-0.2, -0.15) is 13.2 Å². The Morgan fingerprint density at radius 1 is 1.29 bits per heavy atom. The zero-order chi connectivity index (χ0) is 15.5. The molecule has 1 aliphatic carbocycles. The molecule has 2 rings (SSSR count). The lowest BCUT2D eigenvalue weighted by Crippen LogP contribution is -2.35. The zero-order valence-corrected chi connectivity index (χ0v) is 11.9. The summed E-state index contributed by atoms with van der Waals surface area (Å²) in [5, 5.41) is 3.10. The minimum atomic E-state index is -4.33. The van der Waals surface area contributed by atoms with Crippen molar-refractivity contribution < 1.29 is 18.0 Å². The number of hydrogen-bond acceptors (Lipinski definition) is 2. The van der Waals surface area contributed by atoms with Crippen molar-refractivity contribution in [2.24, 2.45) is 5.92 Å². The van der Waals surface area contributed by atoms with Crippen LogP contribution in [0.15, 0.2) is 24.3 Å². The molecule has 1 N–H and O–H groups in total. The van der Waals surface area contributed by atoms with E-state index in [9.17, 15) is 18.0 Å².